The van der Waals surface area contributed by atoms with Crippen LogP contribution in [0.3, 0.4) is 0 Å². The van der Waals surface area contributed by atoms with Crippen molar-refractivity contribution in [1.29, 1.82) is 0 Å². The Hall–Kier alpha value is -1.10. The highest BCUT2D eigenvalue weighted by molar-refractivity contribution is 5.94. The molecule has 2 saturated heterocycles. The normalized spacial score (nSPS) is 22.0. The first-order chi connectivity index (χ1) is 10.8. The largest absolute Gasteiger partial charge is 0.337 e. The van der Waals surface area contributed by atoms with Gasteiger partial charge in [-0.2, -0.15) is 0 Å². The van der Waals surface area contributed by atoms with Crippen LogP contribution >= 0.6 is 12.4 Å². The van der Waals surface area contributed by atoms with E-state index in [2.05, 4.69) is 29.3 Å². The molecule has 1 N–H and O–H groups in total. The molecule has 1 aromatic rings. The monoisotopic (exact) mass is 337 g/mol. The summed E-state index contributed by atoms with van der Waals surface area (Å²) in [7, 11) is 0. The van der Waals surface area contributed by atoms with Gasteiger partial charge in [0.25, 0.3) is 5.91 Å². The van der Waals surface area contributed by atoms with Gasteiger partial charge in [-0.1, -0.05) is 25.5 Å². The third kappa shape index (κ3) is 4.46. The van der Waals surface area contributed by atoms with Crippen molar-refractivity contribution in [1.82, 2.24) is 15.1 Å². The van der Waals surface area contributed by atoms with Gasteiger partial charge in [-0.25, -0.2) is 0 Å². The third-order valence-electron chi connectivity index (χ3n) is 4.86. The second-order valence-corrected chi connectivity index (χ2v) is 6.43. The standard InChI is InChI=1S/C18H27N3O.ClH/c1-2-3-15-4-6-16(7-5-15)18(22)21-11-8-17(14-21)20-12-9-19-10-13-20;/h4-7,17,19H,2-3,8-14H2,1H3;1H. The lowest BCUT2D eigenvalue weighted by Gasteiger charge is -2.32. The van der Waals surface area contributed by atoms with Crippen molar-refractivity contribution >= 4 is 18.3 Å². The molecule has 1 amide bonds. The van der Waals surface area contributed by atoms with Gasteiger partial charge in [0, 0.05) is 50.9 Å². The van der Waals surface area contributed by atoms with Crippen LogP contribution in [0.2, 0.25) is 0 Å². The van der Waals surface area contributed by atoms with Gasteiger partial charge in [-0.15, -0.1) is 12.4 Å². The van der Waals surface area contributed by atoms with E-state index in [0.717, 1.165) is 64.1 Å². The zero-order valence-electron chi connectivity index (χ0n) is 14.0. The molecule has 2 heterocycles. The second kappa shape index (κ2) is 8.67. The number of carbonyl (C=O) groups excluding carboxylic acids is 1. The molecule has 1 aromatic carbocycles. The van der Waals surface area contributed by atoms with E-state index in [-0.39, 0.29) is 18.3 Å². The lowest BCUT2D eigenvalue weighted by Crippen LogP contribution is -2.49. The van der Waals surface area contributed by atoms with E-state index in [1.807, 2.05) is 17.0 Å². The number of rotatable bonds is 4. The van der Waals surface area contributed by atoms with Gasteiger partial charge < -0.3 is 10.2 Å². The summed E-state index contributed by atoms with van der Waals surface area (Å²) in [6.45, 7) is 8.32. The molecule has 5 heteroatoms. The Labute approximate surface area is 145 Å². The molecule has 0 saturated carbocycles. The van der Waals surface area contributed by atoms with Gasteiger partial charge in [0.1, 0.15) is 0 Å². The molecule has 128 valence electrons. The number of aryl methyl sites for hydroxylation is 1. The maximum atomic E-state index is 12.6. The summed E-state index contributed by atoms with van der Waals surface area (Å²) >= 11 is 0. The highest BCUT2D eigenvalue weighted by Gasteiger charge is 2.31. The van der Waals surface area contributed by atoms with Gasteiger partial charge in [0.15, 0.2) is 0 Å². The predicted octanol–water partition coefficient (Wildman–Crippen LogP) is 2.18. The minimum atomic E-state index is 0. The number of amides is 1. The number of nitrogens with zero attached hydrogens (tertiary/aromatic N) is 2. The number of carbonyl (C=O) groups is 1. The molecule has 0 aromatic heterocycles. The van der Waals surface area contributed by atoms with Crippen molar-refractivity contribution in [3.8, 4) is 0 Å². The summed E-state index contributed by atoms with van der Waals surface area (Å²) in [5.74, 6) is 0.195. The summed E-state index contributed by atoms with van der Waals surface area (Å²) in [5.41, 5.74) is 2.15. The lowest BCUT2D eigenvalue weighted by molar-refractivity contribution is 0.0773. The van der Waals surface area contributed by atoms with Gasteiger partial charge in [0.2, 0.25) is 0 Å². The Morgan fingerprint density at radius 1 is 1.17 bits per heavy atom. The van der Waals surface area contributed by atoms with Crippen molar-refractivity contribution in [3.63, 3.8) is 0 Å². The first kappa shape index (κ1) is 18.2. The maximum Gasteiger partial charge on any atom is 0.253 e. The molecular formula is C18H28ClN3O. The summed E-state index contributed by atoms with van der Waals surface area (Å²) in [5, 5.41) is 3.39. The van der Waals surface area contributed by atoms with Gasteiger partial charge in [-0.3, -0.25) is 9.69 Å². The summed E-state index contributed by atoms with van der Waals surface area (Å²) in [6, 6.07) is 8.73. The van der Waals surface area contributed by atoms with Crippen molar-refractivity contribution in [2.75, 3.05) is 39.3 Å². The fraction of sp³-hybridized carbons (Fsp3) is 0.611. The smallest absolute Gasteiger partial charge is 0.253 e. The Kier molecular flexibility index (Phi) is 6.88. The SMILES string of the molecule is CCCc1ccc(C(=O)N2CCC(N3CCNCC3)C2)cc1.Cl. The van der Waals surface area contributed by atoms with Crippen molar-refractivity contribution in [2.45, 2.75) is 32.2 Å². The summed E-state index contributed by atoms with van der Waals surface area (Å²) in [6.07, 6.45) is 3.34. The molecule has 0 spiro atoms. The molecule has 23 heavy (non-hydrogen) atoms. The van der Waals surface area contributed by atoms with Crippen LogP contribution < -0.4 is 5.32 Å². The number of hydrogen-bond acceptors (Lipinski definition) is 3. The van der Waals surface area contributed by atoms with E-state index in [9.17, 15) is 4.79 Å². The van der Waals surface area contributed by atoms with Crippen LogP contribution in [0.5, 0.6) is 0 Å². The minimum Gasteiger partial charge on any atom is -0.337 e. The second-order valence-electron chi connectivity index (χ2n) is 6.43. The van der Waals surface area contributed by atoms with Gasteiger partial charge in [0.05, 0.1) is 0 Å². The van der Waals surface area contributed by atoms with E-state index >= 15 is 0 Å². The van der Waals surface area contributed by atoms with Crippen molar-refractivity contribution < 1.29 is 4.79 Å². The number of halogens is 1. The van der Waals surface area contributed by atoms with Crippen LogP contribution in [-0.4, -0.2) is 61.0 Å². The van der Waals surface area contributed by atoms with Crippen LogP contribution in [0.1, 0.15) is 35.7 Å². The van der Waals surface area contributed by atoms with Crippen LogP contribution in [0.15, 0.2) is 24.3 Å². The molecule has 2 aliphatic rings. The van der Waals surface area contributed by atoms with Crippen molar-refractivity contribution in [2.24, 2.45) is 0 Å². The Bertz CT molecular complexity index is 499. The zero-order chi connectivity index (χ0) is 15.4. The Morgan fingerprint density at radius 2 is 1.87 bits per heavy atom. The van der Waals surface area contributed by atoms with Crippen LogP contribution in [0, 0.1) is 0 Å². The van der Waals surface area contributed by atoms with E-state index in [4.69, 9.17) is 0 Å². The lowest BCUT2D eigenvalue weighted by atomic mass is 10.1. The molecule has 0 radical (unpaired) electrons. The van der Waals surface area contributed by atoms with E-state index in [0.29, 0.717) is 6.04 Å². The Balaban J connectivity index is 0.00000192. The van der Waals surface area contributed by atoms with Crippen LogP contribution in [0.25, 0.3) is 0 Å². The molecule has 3 rings (SSSR count). The Morgan fingerprint density at radius 3 is 2.52 bits per heavy atom. The molecule has 0 aliphatic carbocycles. The molecule has 1 unspecified atom stereocenters. The number of benzene rings is 1. The molecule has 4 nitrogen and oxygen atoms in total. The number of nitrogens with one attached hydrogen (secondary N) is 1. The molecule has 0 bridgehead atoms. The average Bonchev–Trinajstić information content (AvgIpc) is 3.06. The summed E-state index contributed by atoms with van der Waals surface area (Å²) in [4.78, 5) is 17.2. The fourth-order valence-corrected chi connectivity index (χ4v) is 3.56. The first-order valence-corrected chi connectivity index (χ1v) is 8.61. The first-order valence-electron chi connectivity index (χ1n) is 8.61. The van der Waals surface area contributed by atoms with Gasteiger partial charge in [-0.05, 0) is 30.5 Å². The summed E-state index contributed by atoms with van der Waals surface area (Å²) < 4.78 is 0. The zero-order valence-corrected chi connectivity index (χ0v) is 14.8. The van der Waals surface area contributed by atoms with E-state index in [1.54, 1.807) is 0 Å². The highest BCUT2D eigenvalue weighted by atomic mass is 35.5. The number of piperazine rings is 1. The average molecular weight is 338 g/mol. The van der Waals surface area contributed by atoms with E-state index < -0.39 is 0 Å². The minimum absolute atomic E-state index is 0. The maximum absolute atomic E-state index is 12.6. The molecule has 2 aliphatic heterocycles. The fourth-order valence-electron chi connectivity index (χ4n) is 3.56. The van der Waals surface area contributed by atoms with Crippen LogP contribution in [0.4, 0.5) is 0 Å². The number of hydrogen-bond donors (Lipinski definition) is 1. The van der Waals surface area contributed by atoms with E-state index in [1.165, 1.54) is 5.56 Å². The quantitative estimate of drug-likeness (QED) is 0.914. The topological polar surface area (TPSA) is 35.6 Å². The third-order valence-corrected chi connectivity index (χ3v) is 4.86. The van der Waals surface area contributed by atoms with Gasteiger partial charge >= 0.3 is 0 Å². The predicted molar refractivity (Wildman–Crippen MR) is 96.4 cm³/mol. The molecule has 2 fully saturated rings. The highest BCUT2D eigenvalue weighted by Crippen LogP contribution is 2.19. The molecular weight excluding hydrogens is 310 g/mol. The number of likely N-dealkylation sites (tertiary alicyclic amines) is 1. The van der Waals surface area contributed by atoms with Crippen molar-refractivity contribution in [3.05, 3.63) is 35.4 Å². The molecule has 1 atom stereocenters. The van der Waals surface area contributed by atoms with Crippen LogP contribution in [-0.2, 0) is 6.42 Å².